The minimum atomic E-state index is 0.497. The molecule has 7 heteroatoms. The predicted octanol–water partition coefficient (Wildman–Crippen LogP) is 25.5. The highest BCUT2D eigenvalue weighted by molar-refractivity contribution is 7.26. The van der Waals surface area contributed by atoms with E-state index in [0.717, 1.165) is 127 Å². The highest BCUT2D eigenvalue weighted by atomic mass is 32.1. The average molecular weight is 1320 g/mol. The molecule has 0 spiro atoms. The molecule has 5 aromatic heterocycles. The van der Waals surface area contributed by atoms with Crippen LogP contribution in [0.5, 0.6) is 0 Å². The van der Waals surface area contributed by atoms with E-state index in [4.69, 9.17) is 9.97 Å². The molecule has 6 nitrogen and oxygen atoms in total. The lowest BCUT2D eigenvalue weighted by Gasteiger charge is -2.27. The van der Waals surface area contributed by atoms with Gasteiger partial charge in [-0.05, 0) is 202 Å². The van der Waals surface area contributed by atoms with Crippen LogP contribution in [0.2, 0.25) is 0 Å². The second-order valence-corrected chi connectivity index (χ2v) is 28.7. The first-order valence-corrected chi connectivity index (χ1v) is 35.7. The maximum atomic E-state index is 13.0. The van der Waals surface area contributed by atoms with Crippen LogP contribution in [0.25, 0.3) is 181 Å². The van der Waals surface area contributed by atoms with Crippen LogP contribution in [0.15, 0.2) is 291 Å². The first-order chi connectivity index (χ1) is 50.0. The van der Waals surface area contributed by atoms with Crippen molar-refractivity contribution in [2.45, 2.75) is 41.5 Å². The molecule has 19 aromatic rings. The summed E-state index contributed by atoms with van der Waals surface area (Å²) in [6, 6.07) is 109. The van der Waals surface area contributed by atoms with Crippen molar-refractivity contribution in [2.75, 3.05) is 0 Å². The summed E-state index contributed by atoms with van der Waals surface area (Å²) in [4.78, 5) is 11.2. The number of aromatic nitrogens is 5. The molecule has 102 heavy (non-hydrogen) atoms. The highest BCUT2D eigenvalue weighted by Crippen LogP contribution is 2.56. The summed E-state index contributed by atoms with van der Waals surface area (Å²) in [5, 5.41) is 22.5. The van der Waals surface area contributed by atoms with Gasteiger partial charge in [0.05, 0.1) is 50.1 Å². The van der Waals surface area contributed by atoms with E-state index in [1.54, 1.807) is 11.3 Å². The number of thiophene rings is 1. The SMILES string of the molecule is Cc1ccc2c(c1)c1cc(C)ccc1n2-c1ccc(-c2c(C#N)c(-c3cc(-c4ccccc4)nc(-c4ccccc4)n3)c(-c3cccc4sc5ccccc5c34)c(-c3ccc(-n4c5ccc(C)cc5c5cc(C)ccc54)cc3)c2-c2ccc(-n3c4ccc(C)cc4c4cc(C)ccc43)cc2)cc1. The van der Waals surface area contributed by atoms with Crippen LogP contribution in [-0.4, -0.2) is 23.7 Å². The second-order valence-electron chi connectivity index (χ2n) is 27.6. The predicted molar refractivity (Wildman–Crippen MR) is 429 cm³/mol. The van der Waals surface area contributed by atoms with Crippen LogP contribution in [-0.2, 0) is 0 Å². The Morgan fingerprint density at radius 2 is 0.647 bits per heavy atom. The molecule has 0 bridgehead atoms. The third-order valence-corrected chi connectivity index (χ3v) is 22.0. The molecule has 0 radical (unpaired) electrons. The van der Waals surface area contributed by atoms with Gasteiger partial charge in [-0.3, -0.25) is 0 Å². The van der Waals surface area contributed by atoms with Crippen molar-refractivity contribution < 1.29 is 0 Å². The molecule has 0 N–H and O–H groups in total. The van der Waals surface area contributed by atoms with Crippen molar-refractivity contribution in [3.05, 3.63) is 330 Å². The summed E-state index contributed by atoms with van der Waals surface area (Å²) < 4.78 is 9.53. The van der Waals surface area contributed by atoms with Gasteiger partial charge in [-0.25, -0.2) is 9.97 Å². The van der Waals surface area contributed by atoms with E-state index in [-0.39, 0.29) is 0 Å². The summed E-state index contributed by atoms with van der Waals surface area (Å²) in [6.07, 6.45) is 0. The molecule has 0 unspecified atom stereocenters. The van der Waals surface area contributed by atoms with E-state index in [0.29, 0.717) is 22.6 Å². The number of hydrogen-bond donors (Lipinski definition) is 0. The first kappa shape index (κ1) is 60.4. The molecule has 5 heterocycles. The van der Waals surface area contributed by atoms with Gasteiger partial charge >= 0.3 is 0 Å². The van der Waals surface area contributed by atoms with Crippen molar-refractivity contribution in [3.63, 3.8) is 0 Å². The molecular formula is C95H66N6S. The van der Waals surface area contributed by atoms with Crippen LogP contribution >= 0.6 is 11.3 Å². The zero-order valence-corrected chi connectivity index (χ0v) is 58.1. The number of hydrogen-bond acceptors (Lipinski definition) is 4. The maximum absolute atomic E-state index is 13.0. The fraction of sp³-hybridized carbons (Fsp3) is 0.0632. The van der Waals surface area contributed by atoms with E-state index in [9.17, 15) is 5.26 Å². The Morgan fingerprint density at radius 1 is 0.284 bits per heavy atom. The Hall–Kier alpha value is -12.7. The molecule has 482 valence electrons. The monoisotopic (exact) mass is 1320 g/mol. The van der Waals surface area contributed by atoms with Crippen LogP contribution in [0.1, 0.15) is 38.9 Å². The second kappa shape index (κ2) is 23.7. The number of aryl methyl sites for hydroxylation is 6. The van der Waals surface area contributed by atoms with Crippen molar-refractivity contribution in [1.82, 2.24) is 23.7 Å². The van der Waals surface area contributed by atoms with Crippen LogP contribution < -0.4 is 0 Å². The molecular weight excluding hydrogens is 1260 g/mol. The molecule has 0 fully saturated rings. The van der Waals surface area contributed by atoms with E-state index < -0.39 is 0 Å². The topological polar surface area (TPSA) is 64.4 Å². The van der Waals surface area contributed by atoms with Crippen molar-refractivity contribution in [1.29, 1.82) is 5.26 Å². The Balaban J connectivity index is 0.971. The van der Waals surface area contributed by atoms with Gasteiger partial charge in [0, 0.05) is 97.4 Å². The van der Waals surface area contributed by atoms with Gasteiger partial charge in [-0.15, -0.1) is 11.3 Å². The summed E-state index contributed by atoms with van der Waals surface area (Å²) in [7, 11) is 0. The van der Waals surface area contributed by atoms with E-state index >= 15 is 0 Å². The number of benzene rings is 14. The number of rotatable bonds is 10. The Morgan fingerprint density at radius 3 is 1.07 bits per heavy atom. The minimum Gasteiger partial charge on any atom is -0.309 e. The van der Waals surface area contributed by atoms with Gasteiger partial charge in [0.15, 0.2) is 5.82 Å². The number of fused-ring (bicyclic) bond motifs is 12. The van der Waals surface area contributed by atoms with Gasteiger partial charge in [-0.2, -0.15) is 5.26 Å². The zero-order valence-electron chi connectivity index (χ0n) is 57.3. The molecule has 0 aliphatic heterocycles. The third-order valence-electron chi connectivity index (χ3n) is 20.8. The van der Waals surface area contributed by atoms with Gasteiger partial charge in [-0.1, -0.05) is 197 Å². The zero-order chi connectivity index (χ0) is 68.6. The summed E-state index contributed by atoms with van der Waals surface area (Å²) in [5.74, 6) is 0.556. The van der Waals surface area contributed by atoms with Gasteiger partial charge in [0.2, 0.25) is 0 Å². The molecule has 0 aliphatic carbocycles. The third kappa shape index (κ3) is 9.74. The van der Waals surface area contributed by atoms with E-state index in [1.807, 2.05) is 24.3 Å². The lowest BCUT2D eigenvalue weighted by Crippen LogP contribution is -2.05. The summed E-state index contributed by atoms with van der Waals surface area (Å²) in [5.41, 5.74) is 29.0. The Labute approximate surface area is 595 Å². The van der Waals surface area contributed by atoms with Crippen molar-refractivity contribution in [3.8, 4) is 102 Å². The quantitative estimate of drug-likeness (QED) is 0.137. The molecule has 0 atom stereocenters. The minimum absolute atomic E-state index is 0.497. The van der Waals surface area contributed by atoms with Crippen LogP contribution in [0.4, 0.5) is 0 Å². The molecule has 19 rings (SSSR count). The average Bonchev–Trinajstić information content (AvgIpc) is 0.875. The molecule has 0 aliphatic rings. The fourth-order valence-electron chi connectivity index (χ4n) is 16.2. The van der Waals surface area contributed by atoms with Crippen LogP contribution in [0, 0.1) is 52.9 Å². The van der Waals surface area contributed by atoms with Crippen molar-refractivity contribution in [2.24, 2.45) is 0 Å². The van der Waals surface area contributed by atoms with Crippen molar-refractivity contribution >= 4 is 96.9 Å². The van der Waals surface area contributed by atoms with E-state index in [1.165, 1.54) is 70.4 Å². The van der Waals surface area contributed by atoms with Gasteiger partial charge in [0.1, 0.15) is 6.07 Å². The largest absolute Gasteiger partial charge is 0.309 e. The lowest BCUT2D eigenvalue weighted by atomic mass is 9.76. The van der Waals surface area contributed by atoms with E-state index in [2.05, 4.69) is 328 Å². The summed E-state index contributed by atoms with van der Waals surface area (Å²) in [6.45, 7) is 13.0. The lowest BCUT2D eigenvalue weighted by molar-refractivity contribution is 1.18. The molecule has 14 aromatic carbocycles. The molecule has 0 saturated heterocycles. The Kier molecular flexibility index (Phi) is 14.1. The van der Waals surface area contributed by atoms with Gasteiger partial charge in [0.25, 0.3) is 0 Å². The standard InChI is InChI=1S/C95H66N6S/c1-56-24-42-81-72(48-56)73-49-57(2)25-43-82(73)99(81)67-36-30-63(31-37-67)89-78(55-96)93(80-54-79(62-16-9-7-10-17-62)97-95(98-80)66-18-11-8-12-19-66)94(71-21-15-23-88-92(71)70-20-13-14-22-87(70)102-88)91(65-34-40-69(41-35-65)101-85-46-28-60(5)52-76(85)77-53-61(6)29-47-86(77)101)90(89)64-32-38-68(39-33-64)100-83-44-26-58(3)50-74(83)75-51-59(4)27-45-84(75)100/h7-54H,1-6H3. The first-order valence-electron chi connectivity index (χ1n) is 34.9. The smallest absolute Gasteiger partial charge is 0.160 e. The van der Waals surface area contributed by atoms with Gasteiger partial charge < -0.3 is 13.7 Å². The molecule has 0 saturated carbocycles. The number of nitriles is 1. The summed E-state index contributed by atoms with van der Waals surface area (Å²) >= 11 is 1.80. The normalized spacial score (nSPS) is 11.8. The highest BCUT2D eigenvalue weighted by Gasteiger charge is 2.32. The van der Waals surface area contributed by atoms with Crippen LogP contribution in [0.3, 0.4) is 0 Å². The maximum Gasteiger partial charge on any atom is 0.160 e. The molecule has 0 amide bonds. The number of nitrogens with zero attached hydrogens (tertiary/aromatic N) is 6. The fourth-order valence-corrected chi connectivity index (χ4v) is 17.3. The Bertz CT molecular complexity index is 6480.